The van der Waals surface area contributed by atoms with E-state index in [1.165, 1.54) is 16.7 Å². The van der Waals surface area contributed by atoms with Gasteiger partial charge in [0.15, 0.2) is 0 Å². The summed E-state index contributed by atoms with van der Waals surface area (Å²) in [5.74, 6) is 2.69. The van der Waals surface area contributed by atoms with Gasteiger partial charge in [-0.1, -0.05) is 67.6 Å². The van der Waals surface area contributed by atoms with Crippen molar-refractivity contribution in [3.63, 3.8) is 0 Å². The summed E-state index contributed by atoms with van der Waals surface area (Å²) in [6.07, 6.45) is 0.891. The summed E-state index contributed by atoms with van der Waals surface area (Å²) < 4.78 is 11.8. The van der Waals surface area contributed by atoms with E-state index < -0.39 is 0 Å². The van der Waals surface area contributed by atoms with Gasteiger partial charge in [-0.25, -0.2) is 0 Å². The third-order valence-electron chi connectivity index (χ3n) is 4.81. The zero-order valence-electron chi connectivity index (χ0n) is 15.6. The molecule has 0 amide bonds. The molecule has 4 aromatic rings. The Labute approximate surface area is 160 Å². The molecule has 0 aliphatic rings. The Morgan fingerprint density at radius 2 is 1.22 bits per heavy atom. The maximum Gasteiger partial charge on any atom is 0.142 e. The summed E-state index contributed by atoms with van der Waals surface area (Å²) in [7, 11) is 1.68. The third kappa shape index (κ3) is 3.26. The van der Waals surface area contributed by atoms with Crippen molar-refractivity contribution in [1.29, 1.82) is 0 Å². The monoisotopic (exact) mass is 354 g/mol. The van der Waals surface area contributed by atoms with E-state index in [0.717, 1.165) is 34.8 Å². The van der Waals surface area contributed by atoms with Crippen LogP contribution in [0.15, 0.2) is 89.3 Å². The summed E-state index contributed by atoms with van der Waals surface area (Å²) in [4.78, 5) is 0. The van der Waals surface area contributed by atoms with Crippen LogP contribution in [0.1, 0.15) is 12.5 Å². The molecule has 0 saturated carbocycles. The van der Waals surface area contributed by atoms with Gasteiger partial charge in [0, 0.05) is 22.3 Å². The molecule has 0 spiro atoms. The zero-order valence-corrected chi connectivity index (χ0v) is 15.6. The summed E-state index contributed by atoms with van der Waals surface area (Å²) in [5, 5.41) is 0. The third-order valence-corrected chi connectivity index (χ3v) is 4.81. The van der Waals surface area contributed by atoms with Crippen molar-refractivity contribution < 1.29 is 9.15 Å². The first-order valence-corrected chi connectivity index (χ1v) is 9.22. The van der Waals surface area contributed by atoms with E-state index in [9.17, 15) is 0 Å². The highest BCUT2D eigenvalue weighted by molar-refractivity contribution is 5.87. The van der Waals surface area contributed by atoms with Crippen molar-refractivity contribution in [3.8, 4) is 39.5 Å². The van der Waals surface area contributed by atoms with Crippen LogP contribution in [0, 0.1) is 0 Å². The molecule has 0 bridgehead atoms. The van der Waals surface area contributed by atoms with E-state index in [4.69, 9.17) is 9.15 Å². The van der Waals surface area contributed by atoms with Crippen molar-refractivity contribution >= 4 is 0 Å². The van der Waals surface area contributed by atoms with Crippen molar-refractivity contribution in [3.05, 3.63) is 90.5 Å². The molecule has 0 aliphatic carbocycles. The number of hydrogen-bond donors (Lipinski definition) is 0. The summed E-state index contributed by atoms with van der Waals surface area (Å²) in [5.41, 5.74) is 5.73. The van der Waals surface area contributed by atoms with Crippen molar-refractivity contribution in [1.82, 2.24) is 0 Å². The summed E-state index contributed by atoms with van der Waals surface area (Å²) in [6.45, 7) is 2.18. The quantitative estimate of drug-likeness (QED) is 0.391. The van der Waals surface area contributed by atoms with Crippen LogP contribution < -0.4 is 4.74 Å². The smallest absolute Gasteiger partial charge is 0.142 e. The molecular weight excluding hydrogens is 332 g/mol. The first kappa shape index (κ1) is 17.2. The standard InChI is InChI=1S/C25H22O2/c1-3-22-23(18-10-6-4-7-11-18)25(19-12-8-5-9-13-19)27-24(22)20-14-16-21(26-2)17-15-20/h4-17H,3H2,1-2H3. The second kappa shape index (κ2) is 7.55. The zero-order chi connectivity index (χ0) is 18.6. The molecule has 1 heterocycles. The van der Waals surface area contributed by atoms with Crippen LogP contribution in [0.4, 0.5) is 0 Å². The van der Waals surface area contributed by atoms with Crippen LogP contribution in [0.5, 0.6) is 5.75 Å². The highest BCUT2D eigenvalue weighted by atomic mass is 16.5. The average Bonchev–Trinajstić information content (AvgIpc) is 3.14. The number of benzene rings is 3. The topological polar surface area (TPSA) is 22.4 Å². The molecule has 3 aromatic carbocycles. The number of methoxy groups -OCH3 is 1. The molecule has 1 aromatic heterocycles. The van der Waals surface area contributed by atoms with Crippen LogP contribution in [-0.4, -0.2) is 7.11 Å². The minimum absolute atomic E-state index is 0.843. The lowest BCUT2D eigenvalue weighted by Crippen LogP contribution is -1.88. The van der Waals surface area contributed by atoms with Crippen LogP contribution in [0.25, 0.3) is 33.8 Å². The maximum atomic E-state index is 6.50. The number of hydrogen-bond acceptors (Lipinski definition) is 2. The molecule has 134 valence electrons. The second-order valence-corrected chi connectivity index (χ2v) is 6.43. The number of rotatable bonds is 5. The van der Waals surface area contributed by atoms with Crippen molar-refractivity contribution in [2.75, 3.05) is 7.11 Å². The van der Waals surface area contributed by atoms with Crippen molar-refractivity contribution in [2.45, 2.75) is 13.3 Å². The van der Waals surface area contributed by atoms with E-state index >= 15 is 0 Å². The summed E-state index contributed by atoms with van der Waals surface area (Å²) >= 11 is 0. The fourth-order valence-corrected chi connectivity index (χ4v) is 3.48. The number of furan rings is 1. The van der Waals surface area contributed by atoms with Gasteiger partial charge in [-0.2, -0.15) is 0 Å². The molecule has 0 fully saturated rings. The molecule has 0 aliphatic heterocycles. The van der Waals surface area contributed by atoms with Crippen LogP contribution in [-0.2, 0) is 6.42 Å². The highest BCUT2D eigenvalue weighted by Crippen LogP contribution is 2.43. The van der Waals surface area contributed by atoms with Gasteiger partial charge in [-0.05, 0) is 36.2 Å². The van der Waals surface area contributed by atoms with Crippen LogP contribution >= 0.6 is 0 Å². The molecule has 0 saturated heterocycles. The largest absolute Gasteiger partial charge is 0.497 e. The van der Waals surface area contributed by atoms with Gasteiger partial charge in [0.1, 0.15) is 17.3 Å². The molecule has 0 radical (unpaired) electrons. The number of ether oxygens (including phenoxy) is 1. The molecule has 2 heteroatoms. The molecule has 27 heavy (non-hydrogen) atoms. The maximum absolute atomic E-state index is 6.50. The molecule has 0 unspecified atom stereocenters. The predicted molar refractivity (Wildman–Crippen MR) is 111 cm³/mol. The van der Waals surface area contributed by atoms with Gasteiger partial charge in [0.25, 0.3) is 0 Å². The Balaban J connectivity index is 1.96. The van der Waals surface area contributed by atoms with Gasteiger partial charge in [-0.15, -0.1) is 0 Å². The molecule has 4 rings (SSSR count). The lowest BCUT2D eigenvalue weighted by atomic mass is 9.94. The SMILES string of the molecule is CCc1c(-c2ccc(OC)cc2)oc(-c2ccccc2)c1-c1ccccc1. The Hall–Kier alpha value is -3.26. The van der Waals surface area contributed by atoms with Gasteiger partial charge >= 0.3 is 0 Å². The van der Waals surface area contributed by atoms with Crippen molar-refractivity contribution in [2.24, 2.45) is 0 Å². The minimum atomic E-state index is 0.843. The highest BCUT2D eigenvalue weighted by Gasteiger charge is 2.22. The van der Waals surface area contributed by atoms with Gasteiger partial charge in [-0.3, -0.25) is 0 Å². The van der Waals surface area contributed by atoms with E-state index in [-0.39, 0.29) is 0 Å². The van der Waals surface area contributed by atoms with Gasteiger partial charge < -0.3 is 9.15 Å². The van der Waals surface area contributed by atoms with Crippen LogP contribution in [0.2, 0.25) is 0 Å². The minimum Gasteiger partial charge on any atom is -0.497 e. The van der Waals surface area contributed by atoms with E-state index in [0.29, 0.717) is 0 Å². The van der Waals surface area contributed by atoms with Gasteiger partial charge in [0.05, 0.1) is 7.11 Å². The fourth-order valence-electron chi connectivity index (χ4n) is 3.48. The van der Waals surface area contributed by atoms with Crippen LogP contribution in [0.3, 0.4) is 0 Å². The first-order chi connectivity index (χ1) is 13.3. The van der Waals surface area contributed by atoms with E-state index in [2.05, 4.69) is 55.5 Å². The fraction of sp³-hybridized carbons (Fsp3) is 0.120. The molecule has 2 nitrogen and oxygen atoms in total. The molecule has 0 atom stereocenters. The summed E-state index contributed by atoms with van der Waals surface area (Å²) in [6, 6.07) is 28.9. The van der Waals surface area contributed by atoms with E-state index in [1.54, 1.807) is 7.11 Å². The predicted octanol–water partition coefficient (Wildman–Crippen LogP) is 6.85. The molecule has 0 N–H and O–H groups in total. The lowest BCUT2D eigenvalue weighted by Gasteiger charge is -2.06. The Morgan fingerprint density at radius 1 is 0.667 bits per heavy atom. The lowest BCUT2D eigenvalue weighted by molar-refractivity contribution is 0.415. The Morgan fingerprint density at radius 3 is 1.78 bits per heavy atom. The van der Waals surface area contributed by atoms with Gasteiger partial charge in [0.2, 0.25) is 0 Å². The second-order valence-electron chi connectivity index (χ2n) is 6.43. The van der Waals surface area contributed by atoms with E-state index in [1.807, 2.05) is 36.4 Å². The molecular formula is C25H22O2. The Bertz CT molecular complexity index is 1010. The first-order valence-electron chi connectivity index (χ1n) is 9.22. The average molecular weight is 354 g/mol. The normalized spacial score (nSPS) is 10.7. The Kier molecular flexibility index (Phi) is 4.80.